The van der Waals surface area contributed by atoms with Crippen LogP contribution in [0.5, 0.6) is 11.5 Å². The summed E-state index contributed by atoms with van der Waals surface area (Å²) in [5, 5.41) is 12.9. The zero-order valence-electron chi connectivity index (χ0n) is 28.8. The molecule has 0 amide bonds. The first kappa shape index (κ1) is 33.4. The van der Waals surface area contributed by atoms with Crippen LogP contribution in [-0.2, 0) is 29.3 Å². The molecule has 1 radical (unpaired) electrons. The number of rotatable bonds is 14. The summed E-state index contributed by atoms with van der Waals surface area (Å²) in [5.74, 6) is 3.56. The summed E-state index contributed by atoms with van der Waals surface area (Å²) in [7, 11) is 2.93. The van der Waals surface area contributed by atoms with E-state index >= 15 is 0 Å². The Morgan fingerprint density at radius 2 is 1.74 bits per heavy atom. The fourth-order valence-electron chi connectivity index (χ4n) is 5.99. The lowest BCUT2D eigenvalue weighted by molar-refractivity contribution is 0.0879. The van der Waals surface area contributed by atoms with Crippen molar-refractivity contribution in [3.63, 3.8) is 0 Å². The fourth-order valence-corrected chi connectivity index (χ4v) is 6.54. The number of nitrogens with zero attached hydrogens (tertiary/aromatic N) is 10. The molecule has 5 heterocycles. The number of morpholine rings is 1. The summed E-state index contributed by atoms with van der Waals surface area (Å²) >= 11 is 0. The van der Waals surface area contributed by atoms with Crippen molar-refractivity contribution in [2.75, 3.05) is 56.9 Å². The maximum Gasteiger partial charge on any atom is 0.232 e. The number of anilines is 2. The lowest BCUT2D eigenvalue weighted by Crippen LogP contribution is -2.38. The summed E-state index contributed by atoms with van der Waals surface area (Å²) in [6.07, 6.45) is 5.20. The highest BCUT2D eigenvalue weighted by Gasteiger charge is 2.25. The molecule has 0 bridgehead atoms. The maximum atomic E-state index is 6.28. The molecule has 6 aromatic rings. The molecule has 1 aliphatic rings. The second-order valence-corrected chi connectivity index (χ2v) is 15.2. The Morgan fingerprint density at radius 1 is 0.900 bits per heavy atom. The Bertz CT molecular complexity index is 2030. The Hall–Kier alpha value is -5.12. The molecule has 1 aliphatic heterocycles. The number of benzene rings is 2. The van der Waals surface area contributed by atoms with Crippen LogP contribution in [0.1, 0.15) is 11.4 Å². The first-order chi connectivity index (χ1) is 24.5. The SMILES string of the molecule is COc1ccc(CN(Cc2nc3cccc(OC)c3n2COCC[Si](C)C)c2nc(N3CCOCC3)nc3c(-c4ccnnc4)cnn23)cc1. The van der Waals surface area contributed by atoms with E-state index in [9.17, 15) is 0 Å². The Morgan fingerprint density at radius 3 is 2.48 bits per heavy atom. The summed E-state index contributed by atoms with van der Waals surface area (Å²) < 4.78 is 27.2. The van der Waals surface area contributed by atoms with Gasteiger partial charge in [0.1, 0.15) is 29.6 Å². The quantitative estimate of drug-likeness (QED) is 0.116. The van der Waals surface area contributed by atoms with Gasteiger partial charge in [0, 0.05) is 46.2 Å². The van der Waals surface area contributed by atoms with Crippen molar-refractivity contribution in [3.8, 4) is 22.6 Å². The number of hydrogen-bond donors (Lipinski definition) is 0. The minimum Gasteiger partial charge on any atom is -0.497 e. The fraction of sp³-hybridized carbons (Fsp3) is 0.371. The number of imidazole rings is 1. The van der Waals surface area contributed by atoms with Gasteiger partial charge in [0.15, 0.2) is 5.65 Å². The van der Waals surface area contributed by atoms with Gasteiger partial charge in [0.25, 0.3) is 0 Å². The van der Waals surface area contributed by atoms with Crippen LogP contribution in [0.15, 0.2) is 67.1 Å². The van der Waals surface area contributed by atoms with Crippen molar-refractivity contribution < 1.29 is 18.9 Å². The normalized spacial score (nSPS) is 13.4. The van der Waals surface area contributed by atoms with Gasteiger partial charge in [0.05, 0.1) is 58.1 Å². The third kappa shape index (κ3) is 7.10. The number of para-hydroxylation sites is 1. The van der Waals surface area contributed by atoms with Gasteiger partial charge < -0.3 is 28.7 Å². The standard InChI is InChI=1S/C35H41N10O4Si/c1-46-27-10-8-25(9-11-27)22-43(23-31-39-29-6-5-7-30(47-2)32(29)44(31)24-49-18-19-50(3)4)35-41-34(42-14-16-48-17-15-42)40-33-28(21-38-45(33)35)26-12-13-36-37-20-26/h5-13,20-21H,14-19,22-24H2,1-4H3. The van der Waals surface area contributed by atoms with Crippen LogP contribution >= 0.6 is 0 Å². The average molecular weight is 694 g/mol. The highest BCUT2D eigenvalue weighted by atomic mass is 28.3. The van der Waals surface area contributed by atoms with Gasteiger partial charge in [-0.05, 0) is 41.9 Å². The first-order valence-corrected chi connectivity index (χ1v) is 19.4. The molecule has 0 aliphatic carbocycles. The number of ether oxygens (including phenoxy) is 4. The Balaban J connectivity index is 1.37. The highest BCUT2D eigenvalue weighted by Crippen LogP contribution is 2.31. The zero-order chi connectivity index (χ0) is 34.5. The van der Waals surface area contributed by atoms with Crippen LogP contribution in [-0.4, -0.2) is 95.3 Å². The number of fused-ring (bicyclic) bond motifs is 2. The predicted octanol–water partition coefficient (Wildman–Crippen LogP) is 4.72. The lowest BCUT2D eigenvalue weighted by Gasteiger charge is -2.29. The second-order valence-electron chi connectivity index (χ2n) is 12.3. The third-order valence-electron chi connectivity index (χ3n) is 8.67. The van der Waals surface area contributed by atoms with Gasteiger partial charge in [-0.3, -0.25) is 4.57 Å². The van der Waals surface area contributed by atoms with Crippen LogP contribution < -0.4 is 19.3 Å². The number of aromatic nitrogens is 8. The lowest BCUT2D eigenvalue weighted by atomic mass is 10.2. The highest BCUT2D eigenvalue weighted by molar-refractivity contribution is 6.55. The van der Waals surface area contributed by atoms with Crippen molar-refractivity contribution in [2.45, 2.75) is 39.0 Å². The first-order valence-electron chi connectivity index (χ1n) is 16.6. The third-order valence-corrected chi connectivity index (χ3v) is 9.88. The molecule has 14 nitrogen and oxygen atoms in total. The molecule has 259 valence electrons. The second kappa shape index (κ2) is 15.2. The van der Waals surface area contributed by atoms with Crippen LogP contribution in [0.25, 0.3) is 27.8 Å². The maximum absolute atomic E-state index is 6.28. The van der Waals surface area contributed by atoms with E-state index in [0.29, 0.717) is 70.3 Å². The van der Waals surface area contributed by atoms with Crippen molar-refractivity contribution >= 4 is 37.4 Å². The minimum atomic E-state index is -0.420. The average Bonchev–Trinajstić information content (AvgIpc) is 3.75. The van der Waals surface area contributed by atoms with E-state index < -0.39 is 8.80 Å². The van der Waals surface area contributed by atoms with Crippen molar-refractivity contribution in [3.05, 3.63) is 78.5 Å². The largest absolute Gasteiger partial charge is 0.497 e. The molecule has 2 aromatic carbocycles. The van der Waals surface area contributed by atoms with E-state index in [1.165, 1.54) is 0 Å². The summed E-state index contributed by atoms with van der Waals surface area (Å²) in [6, 6.07) is 17.0. The van der Waals surface area contributed by atoms with E-state index in [0.717, 1.165) is 51.1 Å². The summed E-state index contributed by atoms with van der Waals surface area (Å²) in [5.41, 5.74) is 5.15. The Kier molecular flexibility index (Phi) is 10.1. The molecule has 7 rings (SSSR count). The molecule has 0 atom stereocenters. The van der Waals surface area contributed by atoms with E-state index in [2.05, 4.69) is 49.8 Å². The molecule has 4 aromatic heterocycles. The summed E-state index contributed by atoms with van der Waals surface area (Å²) in [6.45, 7) is 9.08. The number of methoxy groups -OCH3 is 2. The zero-order valence-corrected chi connectivity index (χ0v) is 29.8. The predicted molar refractivity (Wildman–Crippen MR) is 192 cm³/mol. The van der Waals surface area contributed by atoms with Crippen molar-refractivity contribution in [1.82, 2.24) is 39.3 Å². The van der Waals surface area contributed by atoms with Crippen LogP contribution in [0.4, 0.5) is 11.9 Å². The van der Waals surface area contributed by atoms with Gasteiger partial charge in [-0.1, -0.05) is 31.3 Å². The van der Waals surface area contributed by atoms with E-state index in [1.54, 1.807) is 31.1 Å². The molecule has 0 spiro atoms. The van der Waals surface area contributed by atoms with Crippen molar-refractivity contribution in [2.24, 2.45) is 0 Å². The van der Waals surface area contributed by atoms with Gasteiger partial charge in [0.2, 0.25) is 11.9 Å². The molecule has 1 fully saturated rings. The molecule has 50 heavy (non-hydrogen) atoms. The van der Waals surface area contributed by atoms with Crippen LogP contribution in [0.2, 0.25) is 19.1 Å². The minimum absolute atomic E-state index is 0.344. The van der Waals surface area contributed by atoms with Crippen molar-refractivity contribution in [1.29, 1.82) is 0 Å². The van der Waals surface area contributed by atoms with E-state index in [4.69, 9.17) is 39.0 Å². The molecule has 0 N–H and O–H groups in total. The van der Waals surface area contributed by atoms with E-state index in [1.807, 2.05) is 42.6 Å². The smallest absolute Gasteiger partial charge is 0.232 e. The number of hydrogen-bond acceptors (Lipinski definition) is 12. The van der Waals surface area contributed by atoms with Crippen LogP contribution in [0, 0.1) is 0 Å². The molecule has 1 saturated heterocycles. The van der Waals surface area contributed by atoms with Gasteiger partial charge in [-0.25, -0.2) is 4.98 Å². The molecule has 15 heteroatoms. The molecular formula is C35H41N10O4Si. The topological polar surface area (TPSA) is 130 Å². The van der Waals surface area contributed by atoms with Crippen LogP contribution in [0.3, 0.4) is 0 Å². The van der Waals surface area contributed by atoms with Gasteiger partial charge in [-0.15, -0.1) is 0 Å². The monoisotopic (exact) mass is 693 g/mol. The van der Waals surface area contributed by atoms with Gasteiger partial charge >= 0.3 is 0 Å². The molecule has 0 saturated carbocycles. The summed E-state index contributed by atoms with van der Waals surface area (Å²) in [4.78, 5) is 19.8. The Labute approximate surface area is 292 Å². The van der Waals surface area contributed by atoms with E-state index in [-0.39, 0.29) is 0 Å². The molecule has 0 unspecified atom stereocenters. The molecular weight excluding hydrogens is 653 g/mol. The van der Waals surface area contributed by atoms with Gasteiger partial charge in [-0.2, -0.15) is 29.8 Å².